The van der Waals surface area contributed by atoms with Crippen LogP contribution in [0.3, 0.4) is 0 Å². The van der Waals surface area contributed by atoms with Gasteiger partial charge in [-0.3, -0.25) is 0 Å². The van der Waals surface area contributed by atoms with Crippen molar-refractivity contribution in [1.82, 2.24) is 4.98 Å². The summed E-state index contributed by atoms with van der Waals surface area (Å²) in [4.78, 5) is 3.99. The van der Waals surface area contributed by atoms with Crippen LogP contribution in [0.2, 0.25) is 5.15 Å². The highest BCUT2D eigenvalue weighted by atomic mass is 79.9. The first-order chi connectivity index (χ1) is 9.54. The Hall–Kier alpha value is -1.40. The molecule has 0 saturated carbocycles. The van der Waals surface area contributed by atoms with E-state index in [-0.39, 0.29) is 5.75 Å². The van der Waals surface area contributed by atoms with Crippen LogP contribution in [0, 0.1) is 0 Å². The van der Waals surface area contributed by atoms with E-state index in [0.717, 1.165) is 11.3 Å². The van der Waals surface area contributed by atoms with Gasteiger partial charge in [0.2, 0.25) is 0 Å². The highest BCUT2D eigenvalue weighted by Gasteiger charge is 2.04. The predicted octanol–water partition coefficient (Wildman–Crippen LogP) is 4.71. The molecule has 1 N–H and O–H groups in total. The number of alkyl halides is 2. The Balaban J connectivity index is 1.95. The number of hydrogen-bond donors (Lipinski definition) is 1. The quantitative estimate of drug-likeness (QED) is 0.781. The standard InChI is InChI=1S/C13H10BrClF2N2O/c14-11-5-9(7-19-12(11)15)18-6-8-1-3-10(4-2-8)20-13(16)17/h1-5,7,13,18H,6H2. The number of anilines is 1. The molecule has 0 atom stereocenters. The number of ether oxygens (including phenoxy) is 1. The Bertz CT molecular complexity index is 581. The number of pyridine rings is 1. The minimum Gasteiger partial charge on any atom is -0.435 e. The normalized spacial score (nSPS) is 10.7. The number of halogens is 4. The largest absolute Gasteiger partial charge is 0.435 e. The number of benzene rings is 1. The van der Waals surface area contributed by atoms with Crippen LogP contribution in [0.15, 0.2) is 41.0 Å². The maximum Gasteiger partial charge on any atom is 0.387 e. The molecular weight excluding hydrogens is 354 g/mol. The summed E-state index contributed by atoms with van der Waals surface area (Å²) < 4.78 is 29.0. The maximum atomic E-state index is 12.0. The number of nitrogens with zero attached hydrogens (tertiary/aromatic N) is 1. The zero-order chi connectivity index (χ0) is 14.5. The summed E-state index contributed by atoms with van der Waals surface area (Å²) in [6, 6.07) is 8.23. The van der Waals surface area contributed by atoms with Crippen molar-refractivity contribution >= 4 is 33.2 Å². The molecule has 0 radical (unpaired) electrons. The predicted molar refractivity (Wildman–Crippen MR) is 77.3 cm³/mol. The SMILES string of the molecule is FC(F)Oc1ccc(CNc2cnc(Cl)c(Br)c2)cc1. The fourth-order valence-electron chi connectivity index (χ4n) is 1.51. The molecule has 7 heteroatoms. The van der Waals surface area contributed by atoms with Gasteiger partial charge in [-0.1, -0.05) is 23.7 Å². The van der Waals surface area contributed by atoms with Crippen molar-refractivity contribution in [2.45, 2.75) is 13.2 Å². The van der Waals surface area contributed by atoms with Crippen molar-refractivity contribution in [3.05, 3.63) is 51.7 Å². The Kier molecular flexibility index (Phi) is 5.14. The molecule has 1 aromatic carbocycles. The number of nitrogens with one attached hydrogen (secondary N) is 1. The molecule has 0 amide bonds. The van der Waals surface area contributed by atoms with Gasteiger partial charge >= 0.3 is 6.61 Å². The molecule has 0 fully saturated rings. The number of rotatable bonds is 5. The van der Waals surface area contributed by atoms with Crippen molar-refractivity contribution < 1.29 is 13.5 Å². The summed E-state index contributed by atoms with van der Waals surface area (Å²) in [5.74, 6) is 0.139. The molecule has 1 aromatic heterocycles. The van der Waals surface area contributed by atoms with Crippen molar-refractivity contribution in [2.24, 2.45) is 0 Å². The molecule has 0 aliphatic heterocycles. The lowest BCUT2D eigenvalue weighted by Gasteiger charge is -2.08. The summed E-state index contributed by atoms with van der Waals surface area (Å²) >= 11 is 9.08. The van der Waals surface area contributed by atoms with Crippen LogP contribution in [-0.2, 0) is 6.54 Å². The number of hydrogen-bond acceptors (Lipinski definition) is 3. The molecule has 0 aliphatic carbocycles. The third-order valence-electron chi connectivity index (χ3n) is 2.44. The van der Waals surface area contributed by atoms with E-state index in [1.54, 1.807) is 18.3 Å². The van der Waals surface area contributed by atoms with Crippen molar-refractivity contribution in [3.63, 3.8) is 0 Å². The second kappa shape index (κ2) is 6.85. The van der Waals surface area contributed by atoms with Crippen molar-refractivity contribution in [3.8, 4) is 5.75 Å². The van der Waals surface area contributed by atoms with Crippen molar-refractivity contribution in [1.29, 1.82) is 0 Å². The molecule has 1 heterocycles. The highest BCUT2D eigenvalue weighted by Crippen LogP contribution is 2.23. The number of aromatic nitrogens is 1. The third-order valence-corrected chi connectivity index (χ3v) is 3.58. The Morgan fingerprint density at radius 1 is 1.30 bits per heavy atom. The van der Waals surface area contributed by atoms with Gasteiger partial charge in [-0.05, 0) is 39.7 Å². The zero-order valence-electron chi connectivity index (χ0n) is 10.1. The Morgan fingerprint density at radius 3 is 2.60 bits per heavy atom. The first-order valence-corrected chi connectivity index (χ1v) is 6.80. The molecule has 2 rings (SSSR count). The average Bonchev–Trinajstić information content (AvgIpc) is 2.41. The van der Waals surface area contributed by atoms with E-state index in [9.17, 15) is 8.78 Å². The van der Waals surface area contributed by atoms with Gasteiger partial charge in [0.15, 0.2) is 0 Å². The van der Waals surface area contributed by atoms with Gasteiger partial charge in [-0.25, -0.2) is 4.98 Å². The smallest absolute Gasteiger partial charge is 0.387 e. The summed E-state index contributed by atoms with van der Waals surface area (Å²) in [6.45, 7) is -2.28. The van der Waals surface area contributed by atoms with E-state index in [1.807, 2.05) is 6.07 Å². The molecule has 2 aromatic rings. The van der Waals surface area contributed by atoms with E-state index in [2.05, 4.69) is 31.0 Å². The molecule has 3 nitrogen and oxygen atoms in total. The summed E-state index contributed by atoms with van der Waals surface area (Å²) in [5.41, 5.74) is 1.73. The molecule has 0 aliphatic rings. The summed E-state index contributed by atoms with van der Waals surface area (Å²) in [6.07, 6.45) is 1.61. The Morgan fingerprint density at radius 2 is 2.00 bits per heavy atom. The van der Waals surface area contributed by atoms with E-state index in [4.69, 9.17) is 11.6 Å². The average molecular weight is 364 g/mol. The molecule has 20 heavy (non-hydrogen) atoms. The van der Waals surface area contributed by atoms with Crippen LogP contribution in [0.5, 0.6) is 5.75 Å². The van der Waals surface area contributed by atoms with Crippen LogP contribution < -0.4 is 10.1 Å². The van der Waals surface area contributed by atoms with Gasteiger partial charge in [-0.15, -0.1) is 0 Å². The molecular formula is C13H10BrClF2N2O. The molecule has 0 spiro atoms. The molecule has 0 bridgehead atoms. The molecule has 0 unspecified atom stereocenters. The molecule has 0 saturated heterocycles. The third kappa shape index (κ3) is 4.31. The lowest BCUT2D eigenvalue weighted by atomic mass is 10.2. The summed E-state index contributed by atoms with van der Waals surface area (Å²) in [7, 11) is 0. The first kappa shape index (κ1) is 15.0. The fourth-order valence-corrected chi connectivity index (χ4v) is 1.96. The minimum atomic E-state index is -2.81. The topological polar surface area (TPSA) is 34.1 Å². The van der Waals surface area contributed by atoms with Gasteiger partial charge in [0.25, 0.3) is 0 Å². The lowest BCUT2D eigenvalue weighted by Crippen LogP contribution is -2.03. The van der Waals surface area contributed by atoms with Crippen LogP contribution in [0.4, 0.5) is 14.5 Å². The second-order valence-corrected chi connectivity index (χ2v) is 5.08. The lowest BCUT2D eigenvalue weighted by molar-refractivity contribution is -0.0498. The van der Waals surface area contributed by atoms with Crippen LogP contribution >= 0.6 is 27.5 Å². The van der Waals surface area contributed by atoms with Gasteiger partial charge in [0.05, 0.1) is 16.4 Å². The fraction of sp³-hybridized carbons (Fsp3) is 0.154. The maximum absolute atomic E-state index is 12.0. The monoisotopic (exact) mass is 362 g/mol. The second-order valence-electron chi connectivity index (χ2n) is 3.87. The first-order valence-electron chi connectivity index (χ1n) is 5.63. The van der Waals surface area contributed by atoms with Gasteiger partial charge in [-0.2, -0.15) is 8.78 Å². The Labute approximate surface area is 128 Å². The van der Waals surface area contributed by atoms with E-state index in [0.29, 0.717) is 16.2 Å². The van der Waals surface area contributed by atoms with Crippen LogP contribution in [0.25, 0.3) is 0 Å². The van der Waals surface area contributed by atoms with E-state index >= 15 is 0 Å². The van der Waals surface area contributed by atoms with E-state index in [1.165, 1.54) is 12.1 Å². The summed E-state index contributed by atoms with van der Waals surface area (Å²) in [5, 5.41) is 3.54. The zero-order valence-corrected chi connectivity index (χ0v) is 12.5. The van der Waals surface area contributed by atoms with Crippen LogP contribution in [0.1, 0.15) is 5.56 Å². The van der Waals surface area contributed by atoms with Crippen molar-refractivity contribution in [2.75, 3.05) is 5.32 Å². The highest BCUT2D eigenvalue weighted by molar-refractivity contribution is 9.10. The van der Waals surface area contributed by atoms with E-state index < -0.39 is 6.61 Å². The van der Waals surface area contributed by atoms with Gasteiger partial charge < -0.3 is 10.1 Å². The minimum absolute atomic E-state index is 0.139. The van der Waals surface area contributed by atoms with Gasteiger partial charge in [0.1, 0.15) is 10.9 Å². The van der Waals surface area contributed by atoms with Gasteiger partial charge in [0, 0.05) is 6.54 Å². The molecule has 106 valence electrons. The van der Waals surface area contributed by atoms with Crippen LogP contribution in [-0.4, -0.2) is 11.6 Å².